The van der Waals surface area contributed by atoms with E-state index in [1.54, 1.807) is 25.3 Å². The van der Waals surface area contributed by atoms with Crippen LogP contribution in [0.3, 0.4) is 0 Å². The minimum absolute atomic E-state index is 0.118. The van der Waals surface area contributed by atoms with E-state index < -0.39 is 5.92 Å². The van der Waals surface area contributed by atoms with Gasteiger partial charge < -0.3 is 19.5 Å². The van der Waals surface area contributed by atoms with Crippen LogP contribution < -0.4 is 10.2 Å². The Bertz CT molecular complexity index is 1300. The van der Waals surface area contributed by atoms with E-state index in [-0.39, 0.29) is 11.3 Å². The van der Waals surface area contributed by atoms with Crippen molar-refractivity contribution in [3.8, 4) is 11.3 Å². The Labute approximate surface area is 217 Å². The smallest absolute Gasteiger partial charge is 0.272 e. The second kappa shape index (κ2) is 11.0. The van der Waals surface area contributed by atoms with Crippen LogP contribution in [0.25, 0.3) is 17.0 Å². The number of aliphatic imine (C=N–C) groups is 1. The van der Waals surface area contributed by atoms with Crippen LogP contribution in [-0.4, -0.2) is 42.3 Å². The average molecular weight is 506 g/mol. The van der Waals surface area contributed by atoms with Crippen molar-refractivity contribution in [3.63, 3.8) is 0 Å². The summed E-state index contributed by atoms with van der Waals surface area (Å²) in [6.07, 6.45) is 5.25. The zero-order valence-electron chi connectivity index (χ0n) is 21.8. The fourth-order valence-corrected chi connectivity index (χ4v) is 4.47. The van der Waals surface area contributed by atoms with Gasteiger partial charge in [0.25, 0.3) is 5.92 Å². The van der Waals surface area contributed by atoms with Crippen LogP contribution in [0.5, 0.6) is 0 Å². The summed E-state index contributed by atoms with van der Waals surface area (Å²) in [5, 5.41) is 3.27. The molecule has 2 aromatic carbocycles. The molecule has 0 bridgehead atoms. The Morgan fingerprint density at radius 3 is 2.43 bits per heavy atom. The largest absolute Gasteiger partial charge is 0.449 e. The first-order chi connectivity index (χ1) is 17.7. The van der Waals surface area contributed by atoms with Crippen molar-refractivity contribution in [1.29, 1.82) is 0 Å². The zero-order chi connectivity index (χ0) is 26.6. The lowest BCUT2D eigenvalue weighted by Crippen LogP contribution is -2.44. The van der Waals surface area contributed by atoms with Gasteiger partial charge in [0, 0.05) is 86.2 Å². The van der Waals surface area contributed by atoms with E-state index in [1.807, 2.05) is 13.8 Å². The first-order valence-electron chi connectivity index (χ1n) is 12.3. The first-order valence-corrected chi connectivity index (χ1v) is 12.3. The summed E-state index contributed by atoms with van der Waals surface area (Å²) in [7, 11) is 0. The number of oxazole rings is 1. The Kier molecular flexibility index (Phi) is 7.76. The molecular weight excluding hydrogens is 472 g/mol. The molecule has 0 unspecified atom stereocenters. The van der Waals surface area contributed by atoms with Crippen LogP contribution in [0, 0.1) is 6.92 Å². The molecule has 0 atom stereocenters. The number of aromatic nitrogens is 1. The topological polar surface area (TPSA) is 56.9 Å². The summed E-state index contributed by atoms with van der Waals surface area (Å²) in [4.78, 5) is 13.2. The Hall–Kier alpha value is -3.94. The Morgan fingerprint density at radius 1 is 1.14 bits per heavy atom. The molecule has 3 aromatic rings. The molecule has 0 radical (unpaired) electrons. The highest BCUT2D eigenvalue weighted by molar-refractivity contribution is 5.78. The van der Waals surface area contributed by atoms with Gasteiger partial charge in [-0.1, -0.05) is 36.9 Å². The molecule has 1 aliphatic heterocycles. The van der Waals surface area contributed by atoms with E-state index in [2.05, 4.69) is 62.1 Å². The molecule has 37 heavy (non-hydrogen) atoms. The number of benzene rings is 2. The normalized spacial score (nSPS) is 14.9. The van der Waals surface area contributed by atoms with Crippen LogP contribution in [0.15, 0.2) is 76.6 Å². The number of rotatable bonds is 8. The van der Waals surface area contributed by atoms with Gasteiger partial charge in [0.15, 0.2) is 5.89 Å². The van der Waals surface area contributed by atoms with E-state index in [1.165, 1.54) is 18.0 Å². The van der Waals surface area contributed by atoms with Crippen LogP contribution in [0.1, 0.15) is 37.8 Å². The number of halogens is 2. The second-order valence-electron chi connectivity index (χ2n) is 9.21. The van der Waals surface area contributed by atoms with Crippen molar-refractivity contribution in [1.82, 2.24) is 15.2 Å². The highest BCUT2D eigenvalue weighted by Crippen LogP contribution is 2.38. The van der Waals surface area contributed by atoms with Gasteiger partial charge in [-0.3, -0.25) is 4.99 Å². The average Bonchev–Trinajstić information content (AvgIpc) is 3.30. The molecular formula is C29H33F2N5O. The van der Waals surface area contributed by atoms with Gasteiger partial charge in [0.05, 0.1) is 5.69 Å². The van der Waals surface area contributed by atoms with Gasteiger partial charge in [0.2, 0.25) is 0 Å². The maximum atomic E-state index is 14.2. The lowest BCUT2D eigenvalue weighted by atomic mass is 10.0. The van der Waals surface area contributed by atoms with Gasteiger partial charge in [-0.2, -0.15) is 0 Å². The van der Waals surface area contributed by atoms with E-state index >= 15 is 0 Å². The zero-order valence-corrected chi connectivity index (χ0v) is 21.8. The predicted molar refractivity (Wildman–Crippen MR) is 146 cm³/mol. The van der Waals surface area contributed by atoms with Crippen LogP contribution in [-0.2, 0) is 5.92 Å². The quantitative estimate of drug-likeness (QED) is 0.344. The number of aryl methyl sites for hydroxylation is 1. The summed E-state index contributed by atoms with van der Waals surface area (Å²) in [6, 6.07) is 13.1. The Balaban J connectivity index is 1.37. The van der Waals surface area contributed by atoms with E-state index in [4.69, 9.17) is 4.42 Å². The third kappa shape index (κ3) is 6.25. The number of hydrogen-bond acceptors (Lipinski definition) is 6. The number of piperazine rings is 1. The van der Waals surface area contributed by atoms with Crippen LogP contribution in [0.4, 0.5) is 20.2 Å². The van der Waals surface area contributed by atoms with Crippen LogP contribution >= 0.6 is 0 Å². The molecule has 0 aliphatic carbocycles. The molecule has 6 nitrogen and oxygen atoms in total. The molecule has 8 heteroatoms. The summed E-state index contributed by atoms with van der Waals surface area (Å²) in [5.41, 5.74) is 5.13. The molecule has 1 aromatic heterocycles. The fourth-order valence-electron chi connectivity index (χ4n) is 4.47. The Morgan fingerprint density at radius 2 is 1.84 bits per heavy atom. The first kappa shape index (κ1) is 26.1. The summed E-state index contributed by atoms with van der Waals surface area (Å²) in [5.74, 6) is -2.35. The third-order valence-corrected chi connectivity index (χ3v) is 6.28. The molecule has 1 N–H and O–H groups in total. The van der Waals surface area contributed by atoms with Crippen molar-refractivity contribution in [3.05, 3.63) is 84.2 Å². The van der Waals surface area contributed by atoms with E-state index in [0.717, 1.165) is 50.1 Å². The number of allylic oxidation sites excluding steroid dienone is 1. The number of anilines is 1. The molecule has 2 heterocycles. The maximum Gasteiger partial charge on any atom is 0.272 e. The lowest BCUT2D eigenvalue weighted by Gasteiger charge is -2.36. The third-order valence-electron chi connectivity index (χ3n) is 6.28. The molecule has 4 rings (SSSR count). The SMILES string of the molecule is C=C(N/C(C)=C/N1CCN(c2ccc(-c3coc(C)n3)cc2)CC1)c1cccc(C(C)(F)F)c1N=CC. The van der Waals surface area contributed by atoms with Crippen molar-refractivity contribution in [2.75, 3.05) is 31.1 Å². The lowest BCUT2D eigenvalue weighted by molar-refractivity contribution is 0.0181. The predicted octanol–water partition coefficient (Wildman–Crippen LogP) is 6.73. The molecule has 1 fully saturated rings. The van der Waals surface area contributed by atoms with Gasteiger partial charge in [0.1, 0.15) is 12.0 Å². The van der Waals surface area contributed by atoms with Gasteiger partial charge in [-0.25, -0.2) is 13.8 Å². The van der Waals surface area contributed by atoms with Gasteiger partial charge in [-0.05, 0) is 26.0 Å². The van der Waals surface area contributed by atoms with Gasteiger partial charge in [-0.15, -0.1) is 0 Å². The molecule has 0 spiro atoms. The summed E-state index contributed by atoms with van der Waals surface area (Å²) < 4.78 is 33.6. The second-order valence-corrected chi connectivity index (χ2v) is 9.21. The minimum atomic E-state index is -3.00. The monoisotopic (exact) mass is 505 g/mol. The summed E-state index contributed by atoms with van der Waals surface area (Å²) in [6.45, 7) is 14.0. The number of nitrogens with zero attached hydrogens (tertiary/aromatic N) is 4. The van der Waals surface area contributed by atoms with Crippen molar-refractivity contribution in [2.45, 2.75) is 33.6 Å². The van der Waals surface area contributed by atoms with Gasteiger partial charge >= 0.3 is 0 Å². The maximum absolute atomic E-state index is 14.2. The fraction of sp³-hybridized carbons (Fsp3) is 0.310. The standard InChI is InChI=1S/C29H33F2N5O/c1-6-32-28-25(8-7-9-26(28)29(5,30)31)21(3)33-20(2)18-35-14-16-36(17-15-35)24-12-10-23(11-13-24)27-19-37-22(4)34-27/h6-13,18-19,33H,3,14-17H2,1-2,4-5H3/b20-18+,32-6?. The molecule has 1 saturated heterocycles. The molecule has 1 aliphatic rings. The van der Waals surface area contributed by atoms with Crippen molar-refractivity contribution in [2.24, 2.45) is 4.99 Å². The van der Waals surface area contributed by atoms with E-state index in [0.29, 0.717) is 17.2 Å². The highest BCUT2D eigenvalue weighted by atomic mass is 19.3. The molecule has 0 saturated carbocycles. The minimum Gasteiger partial charge on any atom is -0.449 e. The number of alkyl halides is 2. The number of hydrogen-bond donors (Lipinski definition) is 1. The number of nitrogens with one attached hydrogen (secondary N) is 1. The van der Waals surface area contributed by atoms with Crippen LogP contribution in [0.2, 0.25) is 0 Å². The molecule has 0 amide bonds. The number of para-hydroxylation sites is 1. The highest BCUT2D eigenvalue weighted by Gasteiger charge is 2.29. The summed E-state index contributed by atoms with van der Waals surface area (Å²) >= 11 is 0. The van der Waals surface area contributed by atoms with Crippen molar-refractivity contribution < 1.29 is 13.2 Å². The molecule has 194 valence electrons. The van der Waals surface area contributed by atoms with E-state index in [9.17, 15) is 8.78 Å². The van der Waals surface area contributed by atoms with Crippen molar-refractivity contribution >= 4 is 23.3 Å².